The van der Waals surface area contributed by atoms with Crippen LogP contribution in [-0.2, 0) is 9.59 Å². The molecule has 0 aliphatic carbocycles. The number of ketones is 1. The molecule has 1 aromatic heterocycles. The van der Waals surface area contributed by atoms with Crippen molar-refractivity contribution in [2.75, 3.05) is 33.3 Å². The molecule has 1 N–H and O–H groups in total. The Hall–Kier alpha value is -3.19. The molecule has 0 spiro atoms. The third-order valence-electron chi connectivity index (χ3n) is 5.46. The summed E-state index contributed by atoms with van der Waals surface area (Å²) in [6.07, 6.45) is 3.23. The molecule has 1 amide bonds. The molecule has 1 saturated heterocycles. The lowest BCUT2D eigenvalue weighted by atomic mass is 9.96. The lowest BCUT2D eigenvalue weighted by Gasteiger charge is -2.28. The van der Waals surface area contributed by atoms with Crippen LogP contribution in [0.15, 0.2) is 54.4 Å². The van der Waals surface area contributed by atoms with Crippen molar-refractivity contribution in [3.8, 4) is 5.75 Å². The van der Waals surface area contributed by atoms with Crippen molar-refractivity contribution in [1.29, 1.82) is 0 Å². The summed E-state index contributed by atoms with van der Waals surface area (Å²) in [5.41, 5.74) is 1.24. The maximum Gasteiger partial charge on any atom is 0.295 e. The number of likely N-dealkylation sites (tertiary alicyclic amines) is 1. The molecule has 2 heterocycles. The number of carbonyl (C=O) groups excluding carboxylic acids is 2. The molecule has 0 unspecified atom stereocenters. The van der Waals surface area contributed by atoms with Gasteiger partial charge in [-0.05, 0) is 42.9 Å². The fourth-order valence-electron chi connectivity index (χ4n) is 3.72. The standard InChI is InChI=1S/C23H27N3O4/c1-4-25(5-2)13-14-26-20(16-9-11-24-12-10-16)19(22(28)23(26)29)21(27)17-7-6-8-18(15-17)30-3/h6-12,15,20,27H,4-5,13-14H2,1-3H3/t20-/m0/s1. The molecule has 1 aliphatic heterocycles. The monoisotopic (exact) mass is 409 g/mol. The zero-order valence-corrected chi connectivity index (χ0v) is 17.5. The first-order chi connectivity index (χ1) is 14.5. The normalized spacial score (nSPS) is 18.3. The Balaban J connectivity index is 2.08. The molecule has 0 saturated carbocycles. The van der Waals surface area contributed by atoms with Crippen LogP contribution in [-0.4, -0.2) is 64.9 Å². The van der Waals surface area contributed by atoms with Crippen LogP contribution >= 0.6 is 0 Å². The molecule has 158 valence electrons. The van der Waals surface area contributed by atoms with Gasteiger partial charge in [-0.3, -0.25) is 14.6 Å². The van der Waals surface area contributed by atoms with Crippen molar-refractivity contribution in [2.24, 2.45) is 0 Å². The lowest BCUT2D eigenvalue weighted by Crippen LogP contribution is -2.38. The Morgan fingerprint density at radius 1 is 1.17 bits per heavy atom. The van der Waals surface area contributed by atoms with Crippen molar-refractivity contribution >= 4 is 17.4 Å². The number of methoxy groups -OCH3 is 1. The smallest absolute Gasteiger partial charge is 0.295 e. The van der Waals surface area contributed by atoms with E-state index < -0.39 is 17.7 Å². The second-order valence-corrected chi connectivity index (χ2v) is 7.03. The molecule has 3 rings (SSSR count). The summed E-state index contributed by atoms with van der Waals surface area (Å²) in [6, 6.07) is 9.66. The molecule has 2 aromatic rings. The summed E-state index contributed by atoms with van der Waals surface area (Å²) in [5, 5.41) is 11.0. The fraction of sp³-hybridized carbons (Fsp3) is 0.348. The number of hydrogen-bond donors (Lipinski definition) is 1. The maximum absolute atomic E-state index is 13.0. The zero-order chi connectivity index (χ0) is 21.7. The molecule has 1 aromatic carbocycles. The molecule has 1 aliphatic rings. The van der Waals surface area contributed by atoms with Gasteiger partial charge in [-0.15, -0.1) is 0 Å². The molecular formula is C23H27N3O4. The van der Waals surface area contributed by atoms with E-state index in [2.05, 4.69) is 23.7 Å². The molecule has 30 heavy (non-hydrogen) atoms. The van der Waals surface area contributed by atoms with Crippen LogP contribution in [0.5, 0.6) is 5.75 Å². The average Bonchev–Trinajstić information content (AvgIpc) is 3.04. The van der Waals surface area contributed by atoms with Crippen molar-refractivity contribution in [1.82, 2.24) is 14.8 Å². The Morgan fingerprint density at radius 2 is 1.87 bits per heavy atom. The number of ether oxygens (including phenoxy) is 1. The van der Waals surface area contributed by atoms with Gasteiger partial charge in [-0.2, -0.15) is 0 Å². The second kappa shape index (κ2) is 9.54. The van der Waals surface area contributed by atoms with Crippen LogP contribution < -0.4 is 4.74 Å². The quantitative estimate of drug-likeness (QED) is 0.410. The van der Waals surface area contributed by atoms with Gasteiger partial charge in [0.05, 0.1) is 18.7 Å². The first-order valence-electron chi connectivity index (χ1n) is 10.1. The second-order valence-electron chi connectivity index (χ2n) is 7.03. The highest BCUT2D eigenvalue weighted by atomic mass is 16.5. The van der Waals surface area contributed by atoms with E-state index in [0.717, 1.165) is 18.7 Å². The molecule has 0 radical (unpaired) electrons. The number of aliphatic hydroxyl groups is 1. The fourth-order valence-corrected chi connectivity index (χ4v) is 3.72. The number of aliphatic hydroxyl groups excluding tert-OH is 1. The van der Waals surface area contributed by atoms with Gasteiger partial charge in [0.15, 0.2) is 0 Å². The highest BCUT2D eigenvalue weighted by Crippen LogP contribution is 2.39. The van der Waals surface area contributed by atoms with E-state index in [1.54, 1.807) is 53.7 Å². The van der Waals surface area contributed by atoms with Gasteiger partial charge in [0.1, 0.15) is 11.5 Å². The van der Waals surface area contributed by atoms with Gasteiger partial charge in [-0.25, -0.2) is 0 Å². The number of nitrogens with zero attached hydrogens (tertiary/aromatic N) is 3. The first kappa shape index (κ1) is 21.5. The van der Waals surface area contributed by atoms with Crippen LogP contribution in [0.1, 0.15) is 31.0 Å². The third-order valence-corrected chi connectivity index (χ3v) is 5.46. The van der Waals surface area contributed by atoms with Crippen molar-refractivity contribution in [3.63, 3.8) is 0 Å². The van der Waals surface area contributed by atoms with E-state index in [9.17, 15) is 14.7 Å². The molecule has 1 atom stereocenters. The van der Waals surface area contributed by atoms with Gasteiger partial charge in [0.25, 0.3) is 11.7 Å². The van der Waals surface area contributed by atoms with Gasteiger partial charge >= 0.3 is 0 Å². The number of pyridine rings is 1. The van der Waals surface area contributed by atoms with E-state index in [4.69, 9.17) is 4.74 Å². The topological polar surface area (TPSA) is 83.0 Å². The minimum Gasteiger partial charge on any atom is -0.507 e. The maximum atomic E-state index is 13.0. The Labute approximate surface area is 176 Å². The number of likely N-dealkylation sites (N-methyl/N-ethyl adjacent to an activating group) is 1. The number of amides is 1. The van der Waals surface area contributed by atoms with E-state index in [1.807, 2.05) is 0 Å². The lowest BCUT2D eigenvalue weighted by molar-refractivity contribution is -0.140. The Morgan fingerprint density at radius 3 is 2.50 bits per heavy atom. The minimum absolute atomic E-state index is 0.0824. The predicted octanol–water partition coefficient (Wildman–Crippen LogP) is 2.85. The van der Waals surface area contributed by atoms with Crippen molar-refractivity contribution in [3.05, 3.63) is 65.5 Å². The Kier molecular flexibility index (Phi) is 6.84. The number of aromatic nitrogens is 1. The number of hydrogen-bond acceptors (Lipinski definition) is 6. The van der Waals surface area contributed by atoms with Crippen LogP contribution in [0.4, 0.5) is 0 Å². The predicted molar refractivity (Wildman–Crippen MR) is 114 cm³/mol. The van der Waals surface area contributed by atoms with Crippen LogP contribution in [0.25, 0.3) is 5.76 Å². The number of Topliss-reactive ketones (excluding diaryl/α,β-unsaturated/α-hetero) is 1. The summed E-state index contributed by atoms with van der Waals surface area (Å²) < 4.78 is 5.23. The number of rotatable bonds is 8. The summed E-state index contributed by atoms with van der Waals surface area (Å²) >= 11 is 0. The van der Waals surface area contributed by atoms with Crippen LogP contribution in [0.3, 0.4) is 0 Å². The molecular weight excluding hydrogens is 382 g/mol. The molecule has 0 bridgehead atoms. The average molecular weight is 409 g/mol. The third kappa shape index (κ3) is 4.21. The van der Waals surface area contributed by atoms with Crippen molar-refractivity contribution < 1.29 is 19.4 Å². The summed E-state index contributed by atoms with van der Waals surface area (Å²) in [6.45, 7) is 6.84. The Bertz CT molecular complexity index is 938. The summed E-state index contributed by atoms with van der Waals surface area (Å²) in [7, 11) is 1.53. The molecule has 1 fully saturated rings. The molecule has 7 heteroatoms. The highest BCUT2D eigenvalue weighted by Gasteiger charge is 2.45. The summed E-state index contributed by atoms with van der Waals surface area (Å²) in [4.78, 5) is 33.7. The highest BCUT2D eigenvalue weighted by molar-refractivity contribution is 6.46. The van der Waals surface area contributed by atoms with Gasteiger partial charge in [0.2, 0.25) is 0 Å². The minimum atomic E-state index is -0.684. The van der Waals surface area contributed by atoms with E-state index >= 15 is 0 Å². The van der Waals surface area contributed by atoms with Crippen LogP contribution in [0.2, 0.25) is 0 Å². The van der Waals surface area contributed by atoms with Crippen molar-refractivity contribution in [2.45, 2.75) is 19.9 Å². The zero-order valence-electron chi connectivity index (χ0n) is 17.5. The van der Waals surface area contributed by atoms with E-state index in [1.165, 1.54) is 7.11 Å². The van der Waals surface area contributed by atoms with Gasteiger partial charge in [-0.1, -0.05) is 26.0 Å². The SMILES string of the molecule is CCN(CC)CCN1C(=O)C(=O)C(=C(O)c2cccc(OC)c2)[C@@H]1c1ccncc1. The van der Waals surface area contributed by atoms with E-state index in [-0.39, 0.29) is 11.3 Å². The van der Waals surface area contributed by atoms with E-state index in [0.29, 0.717) is 24.4 Å². The van der Waals surface area contributed by atoms with Gasteiger partial charge in [0, 0.05) is 31.0 Å². The summed E-state index contributed by atoms with van der Waals surface area (Å²) in [5.74, 6) is -0.945. The van der Waals surface area contributed by atoms with Crippen LogP contribution in [0, 0.1) is 0 Å². The largest absolute Gasteiger partial charge is 0.507 e. The van der Waals surface area contributed by atoms with Gasteiger partial charge < -0.3 is 19.6 Å². The molecule has 7 nitrogen and oxygen atoms in total. The first-order valence-corrected chi connectivity index (χ1v) is 10.1. The number of carbonyl (C=O) groups is 2. The number of benzene rings is 1.